The first kappa shape index (κ1) is 21.6. The number of hydrogen-bond acceptors (Lipinski definition) is 5. The maximum atomic E-state index is 12.7. The molecule has 1 saturated carbocycles. The summed E-state index contributed by atoms with van der Waals surface area (Å²) >= 11 is 0. The van der Waals surface area contributed by atoms with Gasteiger partial charge >= 0.3 is 11.9 Å². The third-order valence-corrected chi connectivity index (χ3v) is 5.91. The van der Waals surface area contributed by atoms with Crippen molar-refractivity contribution < 1.29 is 24.2 Å². The first-order valence-electron chi connectivity index (χ1n) is 10.6. The van der Waals surface area contributed by atoms with Crippen LogP contribution in [-0.4, -0.2) is 29.1 Å². The molecule has 0 bridgehead atoms. The molecule has 164 valence electrons. The van der Waals surface area contributed by atoms with Crippen LogP contribution in [0.5, 0.6) is 11.6 Å². The Morgan fingerprint density at radius 1 is 1.03 bits per heavy atom. The number of esters is 1. The van der Waals surface area contributed by atoms with Crippen molar-refractivity contribution in [2.24, 2.45) is 11.8 Å². The highest BCUT2D eigenvalue weighted by molar-refractivity contribution is 5.91. The zero-order chi connectivity index (χ0) is 22.7. The molecule has 6 nitrogen and oxygen atoms in total. The molecule has 1 fully saturated rings. The average molecular weight is 431 g/mol. The number of carboxylic acids is 1. The van der Waals surface area contributed by atoms with E-state index in [9.17, 15) is 14.7 Å². The van der Waals surface area contributed by atoms with E-state index >= 15 is 0 Å². The van der Waals surface area contributed by atoms with Crippen LogP contribution in [0.3, 0.4) is 0 Å². The maximum absolute atomic E-state index is 12.7. The Bertz CT molecular complexity index is 1120. The summed E-state index contributed by atoms with van der Waals surface area (Å²) in [4.78, 5) is 28.4. The van der Waals surface area contributed by atoms with E-state index in [2.05, 4.69) is 4.98 Å². The lowest BCUT2D eigenvalue weighted by molar-refractivity contribution is -0.142. The van der Waals surface area contributed by atoms with Gasteiger partial charge in [-0.15, -0.1) is 0 Å². The number of ether oxygens (including phenoxy) is 2. The van der Waals surface area contributed by atoms with Gasteiger partial charge in [0.05, 0.1) is 18.6 Å². The van der Waals surface area contributed by atoms with Crippen LogP contribution in [0.15, 0.2) is 66.9 Å². The van der Waals surface area contributed by atoms with Gasteiger partial charge in [0.2, 0.25) is 5.88 Å². The topological polar surface area (TPSA) is 85.7 Å². The van der Waals surface area contributed by atoms with Gasteiger partial charge in [-0.2, -0.15) is 0 Å². The molecular weight excluding hydrogens is 406 g/mol. The van der Waals surface area contributed by atoms with E-state index in [1.165, 1.54) is 0 Å². The minimum atomic E-state index is -0.809. The molecule has 1 aliphatic carbocycles. The Balaban J connectivity index is 1.49. The molecule has 1 N–H and O–H groups in total. The number of benzene rings is 2. The molecule has 2 aromatic carbocycles. The van der Waals surface area contributed by atoms with E-state index < -0.39 is 17.9 Å². The van der Waals surface area contributed by atoms with Crippen molar-refractivity contribution in [2.75, 3.05) is 7.11 Å². The number of hydrogen-bond donors (Lipinski definition) is 1. The van der Waals surface area contributed by atoms with Crippen LogP contribution < -0.4 is 9.47 Å². The van der Waals surface area contributed by atoms with Gasteiger partial charge in [-0.3, -0.25) is 4.79 Å². The van der Waals surface area contributed by atoms with Crippen molar-refractivity contribution in [1.29, 1.82) is 0 Å². The molecule has 0 saturated heterocycles. The van der Waals surface area contributed by atoms with Crippen LogP contribution in [0.25, 0.3) is 11.1 Å². The van der Waals surface area contributed by atoms with E-state index in [0.29, 0.717) is 23.1 Å². The van der Waals surface area contributed by atoms with Gasteiger partial charge < -0.3 is 14.6 Å². The molecule has 1 aromatic heterocycles. The highest BCUT2D eigenvalue weighted by Crippen LogP contribution is 2.47. The van der Waals surface area contributed by atoms with Gasteiger partial charge in [0.15, 0.2) is 0 Å². The highest BCUT2D eigenvalue weighted by Gasteiger charge is 2.38. The lowest BCUT2D eigenvalue weighted by Gasteiger charge is -2.21. The van der Waals surface area contributed by atoms with E-state index in [1.807, 2.05) is 36.4 Å². The van der Waals surface area contributed by atoms with E-state index in [1.54, 1.807) is 44.5 Å². The zero-order valence-corrected chi connectivity index (χ0v) is 18.0. The second kappa shape index (κ2) is 9.22. The molecule has 6 heteroatoms. The summed E-state index contributed by atoms with van der Waals surface area (Å²) in [7, 11) is 1.56. The summed E-state index contributed by atoms with van der Waals surface area (Å²) in [5.74, 6) is -0.542. The summed E-state index contributed by atoms with van der Waals surface area (Å²) in [6.45, 7) is 1.74. The first-order chi connectivity index (χ1) is 15.5. The van der Waals surface area contributed by atoms with Gasteiger partial charge in [0.25, 0.3) is 0 Å². The number of aromatic nitrogens is 1. The summed E-state index contributed by atoms with van der Waals surface area (Å²) in [5, 5.41) is 9.49. The summed E-state index contributed by atoms with van der Waals surface area (Å²) in [6.07, 6.45) is 3.73. The average Bonchev–Trinajstić information content (AvgIpc) is 3.64. The lowest BCUT2D eigenvalue weighted by Crippen LogP contribution is -2.20. The predicted molar refractivity (Wildman–Crippen MR) is 120 cm³/mol. The number of carbonyl (C=O) groups excluding carboxylic acids is 1. The van der Waals surface area contributed by atoms with E-state index in [4.69, 9.17) is 9.47 Å². The number of rotatable bonds is 8. The quantitative estimate of drug-likeness (QED) is 0.390. The van der Waals surface area contributed by atoms with Crippen LogP contribution in [0, 0.1) is 11.8 Å². The molecule has 0 unspecified atom stereocenters. The Hall–Kier alpha value is -3.67. The smallest absolute Gasteiger partial charge is 0.343 e. The fourth-order valence-corrected chi connectivity index (χ4v) is 4.03. The predicted octanol–water partition coefficient (Wildman–Crippen LogP) is 5.19. The molecule has 3 aromatic rings. The van der Waals surface area contributed by atoms with Crippen molar-refractivity contribution in [1.82, 2.24) is 4.98 Å². The zero-order valence-electron chi connectivity index (χ0n) is 18.0. The second-order valence-electron chi connectivity index (χ2n) is 8.12. The number of nitrogens with zero attached hydrogens (tertiary/aromatic N) is 1. The Kier molecular flexibility index (Phi) is 6.21. The number of carboxylic acid groups (broad SMARTS) is 1. The molecule has 0 amide bonds. The highest BCUT2D eigenvalue weighted by atomic mass is 16.5. The Morgan fingerprint density at radius 3 is 2.44 bits per heavy atom. The number of aliphatic carboxylic acids is 1. The standard InChI is InChI=1S/C26H25NO5/c1-16(25(28)29)24(18-8-9-18)21-4-3-5-22(14-21)32-26(30)19-10-6-17(7-11-19)20-12-13-27-23(15-20)31-2/h3-7,10-16,18,24H,8-9H2,1-2H3,(H,28,29)/t16-,24-/m0/s1. The number of methoxy groups -OCH3 is 1. The van der Waals surface area contributed by atoms with E-state index in [0.717, 1.165) is 29.5 Å². The Labute approximate surface area is 186 Å². The fraction of sp³-hybridized carbons (Fsp3) is 0.269. The summed E-state index contributed by atoms with van der Waals surface area (Å²) in [5.41, 5.74) is 3.19. The molecular formula is C26H25NO5. The van der Waals surface area contributed by atoms with Crippen molar-refractivity contribution in [3.05, 3.63) is 78.0 Å². The SMILES string of the molecule is COc1cc(-c2ccc(C(=O)Oc3cccc([C@H](C4CC4)[C@H](C)C(=O)O)c3)cc2)ccn1. The number of pyridine rings is 1. The van der Waals surface area contributed by atoms with Crippen LogP contribution in [0.4, 0.5) is 0 Å². The van der Waals surface area contributed by atoms with Crippen LogP contribution >= 0.6 is 0 Å². The molecule has 4 rings (SSSR count). The first-order valence-corrected chi connectivity index (χ1v) is 10.6. The maximum Gasteiger partial charge on any atom is 0.343 e. The minimum Gasteiger partial charge on any atom is -0.481 e. The largest absolute Gasteiger partial charge is 0.481 e. The van der Waals surface area contributed by atoms with Crippen LogP contribution in [0.2, 0.25) is 0 Å². The summed E-state index contributed by atoms with van der Waals surface area (Å²) < 4.78 is 10.8. The van der Waals surface area contributed by atoms with Crippen LogP contribution in [-0.2, 0) is 4.79 Å². The van der Waals surface area contributed by atoms with Gasteiger partial charge in [-0.1, -0.05) is 31.2 Å². The molecule has 32 heavy (non-hydrogen) atoms. The third-order valence-electron chi connectivity index (χ3n) is 5.91. The van der Waals surface area contributed by atoms with Crippen molar-refractivity contribution in [3.8, 4) is 22.8 Å². The van der Waals surface area contributed by atoms with Crippen LogP contribution in [0.1, 0.15) is 41.6 Å². The van der Waals surface area contributed by atoms with Gasteiger partial charge in [0, 0.05) is 12.3 Å². The molecule has 0 spiro atoms. The molecule has 0 aliphatic heterocycles. The fourth-order valence-electron chi connectivity index (χ4n) is 4.03. The second-order valence-corrected chi connectivity index (χ2v) is 8.12. The molecule has 1 heterocycles. The van der Waals surface area contributed by atoms with Gasteiger partial charge in [0.1, 0.15) is 5.75 Å². The lowest BCUT2D eigenvalue weighted by atomic mass is 9.83. The normalized spacial score (nSPS) is 14.9. The van der Waals surface area contributed by atoms with E-state index in [-0.39, 0.29) is 5.92 Å². The molecule has 0 radical (unpaired) electrons. The van der Waals surface area contributed by atoms with Crippen molar-refractivity contribution in [2.45, 2.75) is 25.7 Å². The minimum absolute atomic E-state index is 0.0808. The van der Waals surface area contributed by atoms with Crippen molar-refractivity contribution >= 4 is 11.9 Å². The van der Waals surface area contributed by atoms with Gasteiger partial charge in [-0.25, -0.2) is 9.78 Å². The monoisotopic (exact) mass is 431 g/mol. The Morgan fingerprint density at radius 2 is 1.78 bits per heavy atom. The molecule has 1 aliphatic rings. The third kappa shape index (κ3) is 4.80. The molecule has 2 atom stereocenters. The van der Waals surface area contributed by atoms with Gasteiger partial charge in [-0.05, 0) is 71.7 Å². The summed E-state index contributed by atoms with van der Waals surface area (Å²) in [6, 6.07) is 18.1. The number of carbonyl (C=O) groups is 2. The van der Waals surface area contributed by atoms with Crippen molar-refractivity contribution in [3.63, 3.8) is 0 Å².